The first kappa shape index (κ1) is 9.77. The summed E-state index contributed by atoms with van der Waals surface area (Å²) in [6.45, 7) is 1.71. The topological polar surface area (TPSA) is 12.4 Å². The summed E-state index contributed by atoms with van der Waals surface area (Å²) in [6, 6.07) is 4.70. The van der Waals surface area contributed by atoms with E-state index >= 15 is 0 Å². The van der Waals surface area contributed by atoms with Crippen LogP contribution in [0.1, 0.15) is 12.5 Å². The van der Waals surface area contributed by atoms with Crippen LogP contribution in [0.5, 0.6) is 0 Å². The van der Waals surface area contributed by atoms with Crippen molar-refractivity contribution >= 4 is 11.9 Å². The molecule has 1 nitrogen and oxygen atoms in total. The molecule has 4 heteroatoms. The Bertz CT molecular complexity index is 298. The van der Waals surface area contributed by atoms with Crippen molar-refractivity contribution in [1.29, 1.82) is 0 Å². The Balaban J connectivity index is 2.94. The van der Waals surface area contributed by atoms with Gasteiger partial charge in [-0.3, -0.25) is 4.99 Å². The Morgan fingerprint density at radius 3 is 2.08 bits per heavy atom. The van der Waals surface area contributed by atoms with Crippen molar-refractivity contribution in [2.75, 3.05) is 0 Å². The van der Waals surface area contributed by atoms with E-state index in [9.17, 15) is 13.2 Å². The number of alkyl halides is 3. The molecule has 0 atom stereocenters. The minimum absolute atomic E-state index is 0.524. The van der Waals surface area contributed by atoms with Crippen LogP contribution in [0.25, 0.3) is 0 Å². The summed E-state index contributed by atoms with van der Waals surface area (Å²) in [5.74, 6) is 0. The molecule has 0 aliphatic heterocycles. The lowest BCUT2D eigenvalue weighted by Crippen LogP contribution is -2.03. The molecule has 1 aromatic rings. The second-order valence-electron chi connectivity index (χ2n) is 2.43. The van der Waals surface area contributed by atoms with Gasteiger partial charge in [-0.25, -0.2) is 0 Å². The third kappa shape index (κ3) is 2.57. The Hall–Kier alpha value is -1.32. The van der Waals surface area contributed by atoms with Crippen LogP contribution in [-0.2, 0) is 6.18 Å². The van der Waals surface area contributed by atoms with Crippen LogP contribution in [0.4, 0.5) is 18.9 Å². The summed E-state index contributed by atoms with van der Waals surface area (Å²) >= 11 is 0. The van der Waals surface area contributed by atoms with Crippen LogP contribution < -0.4 is 0 Å². The number of nitrogens with zero attached hydrogens (tertiary/aromatic N) is 1. The van der Waals surface area contributed by atoms with Crippen LogP contribution in [-0.4, -0.2) is 6.21 Å². The second-order valence-corrected chi connectivity index (χ2v) is 2.43. The lowest BCUT2D eigenvalue weighted by Gasteiger charge is -2.05. The average Bonchev–Trinajstić information content (AvgIpc) is 2.04. The van der Waals surface area contributed by atoms with Gasteiger partial charge in [0.25, 0.3) is 0 Å². The van der Waals surface area contributed by atoms with Crippen molar-refractivity contribution in [1.82, 2.24) is 0 Å². The molecule has 0 amide bonds. The van der Waals surface area contributed by atoms with Gasteiger partial charge in [0.15, 0.2) is 0 Å². The SMILES string of the molecule is CC=Nc1ccc(C(F)(F)F)cc1. The van der Waals surface area contributed by atoms with E-state index in [-0.39, 0.29) is 0 Å². The van der Waals surface area contributed by atoms with E-state index < -0.39 is 11.7 Å². The van der Waals surface area contributed by atoms with Crippen molar-refractivity contribution in [3.63, 3.8) is 0 Å². The lowest BCUT2D eigenvalue weighted by atomic mass is 10.2. The molecular weight excluding hydrogens is 179 g/mol. The standard InChI is InChI=1S/C9H8F3N/c1-2-13-8-5-3-7(4-6-8)9(10,11)12/h2-6H,1H3. The normalized spacial score (nSPS) is 12.3. The highest BCUT2D eigenvalue weighted by Gasteiger charge is 2.29. The van der Waals surface area contributed by atoms with E-state index in [0.29, 0.717) is 5.69 Å². The lowest BCUT2D eigenvalue weighted by molar-refractivity contribution is -0.137. The zero-order valence-electron chi connectivity index (χ0n) is 6.97. The van der Waals surface area contributed by atoms with Crippen LogP contribution in [0, 0.1) is 0 Å². The molecule has 13 heavy (non-hydrogen) atoms. The van der Waals surface area contributed by atoms with E-state index in [1.165, 1.54) is 18.3 Å². The Morgan fingerprint density at radius 1 is 1.15 bits per heavy atom. The molecule has 0 radical (unpaired) electrons. The van der Waals surface area contributed by atoms with Crippen molar-refractivity contribution < 1.29 is 13.2 Å². The van der Waals surface area contributed by atoms with E-state index in [0.717, 1.165) is 12.1 Å². The number of hydrogen-bond donors (Lipinski definition) is 0. The quantitative estimate of drug-likeness (QED) is 0.597. The highest BCUT2D eigenvalue weighted by molar-refractivity contribution is 5.60. The predicted octanol–water partition coefficient (Wildman–Crippen LogP) is 3.43. The Labute approximate surface area is 73.9 Å². The van der Waals surface area contributed by atoms with Gasteiger partial charge in [-0.1, -0.05) is 0 Å². The van der Waals surface area contributed by atoms with Gasteiger partial charge in [0, 0.05) is 6.21 Å². The molecule has 0 spiro atoms. The first-order valence-corrected chi connectivity index (χ1v) is 3.70. The maximum Gasteiger partial charge on any atom is 0.416 e. The molecule has 0 aliphatic carbocycles. The molecule has 0 saturated carbocycles. The molecule has 0 aliphatic rings. The molecule has 1 aromatic carbocycles. The molecule has 0 unspecified atom stereocenters. The Kier molecular flexibility index (Phi) is 2.70. The Morgan fingerprint density at radius 2 is 1.69 bits per heavy atom. The maximum atomic E-state index is 12.1. The van der Waals surface area contributed by atoms with E-state index in [2.05, 4.69) is 4.99 Å². The number of rotatable bonds is 1. The number of benzene rings is 1. The van der Waals surface area contributed by atoms with Crippen molar-refractivity contribution in [3.8, 4) is 0 Å². The number of aliphatic imine (C=N–C) groups is 1. The van der Waals surface area contributed by atoms with Gasteiger partial charge in [-0.2, -0.15) is 13.2 Å². The summed E-state index contributed by atoms with van der Waals surface area (Å²) in [5, 5.41) is 0. The summed E-state index contributed by atoms with van der Waals surface area (Å²) in [4.78, 5) is 3.84. The fraction of sp³-hybridized carbons (Fsp3) is 0.222. The smallest absolute Gasteiger partial charge is 0.262 e. The fourth-order valence-corrected chi connectivity index (χ4v) is 0.886. The van der Waals surface area contributed by atoms with E-state index in [1.807, 2.05) is 0 Å². The van der Waals surface area contributed by atoms with Gasteiger partial charge >= 0.3 is 6.18 Å². The van der Waals surface area contributed by atoms with Gasteiger partial charge in [0.1, 0.15) is 0 Å². The molecule has 0 aromatic heterocycles. The molecule has 1 rings (SSSR count). The van der Waals surface area contributed by atoms with Crippen LogP contribution in [0.3, 0.4) is 0 Å². The number of hydrogen-bond acceptors (Lipinski definition) is 1. The molecule has 0 bridgehead atoms. The summed E-state index contributed by atoms with van der Waals surface area (Å²) in [7, 11) is 0. The third-order valence-corrected chi connectivity index (χ3v) is 1.47. The largest absolute Gasteiger partial charge is 0.416 e. The van der Waals surface area contributed by atoms with Gasteiger partial charge in [-0.05, 0) is 31.2 Å². The monoisotopic (exact) mass is 187 g/mol. The highest BCUT2D eigenvalue weighted by Crippen LogP contribution is 2.30. The zero-order valence-corrected chi connectivity index (χ0v) is 6.97. The molecule has 0 N–H and O–H groups in total. The highest BCUT2D eigenvalue weighted by atomic mass is 19.4. The van der Waals surface area contributed by atoms with Crippen LogP contribution in [0.2, 0.25) is 0 Å². The molecular formula is C9H8F3N. The zero-order chi connectivity index (χ0) is 9.90. The van der Waals surface area contributed by atoms with Gasteiger partial charge < -0.3 is 0 Å². The van der Waals surface area contributed by atoms with Crippen molar-refractivity contribution in [2.45, 2.75) is 13.1 Å². The summed E-state index contributed by atoms with van der Waals surface area (Å²) < 4.78 is 36.2. The molecule has 0 fully saturated rings. The predicted molar refractivity (Wildman–Crippen MR) is 45.3 cm³/mol. The number of halogens is 3. The van der Waals surface area contributed by atoms with Crippen LogP contribution >= 0.6 is 0 Å². The first-order valence-electron chi connectivity index (χ1n) is 3.70. The van der Waals surface area contributed by atoms with E-state index in [4.69, 9.17) is 0 Å². The molecule has 0 heterocycles. The van der Waals surface area contributed by atoms with Crippen LogP contribution in [0.15, 0.2) is 29.3 Å². The third-order valence-electron chi connectivity index (χ3n) is 1.47. The molecule has 0 saturated heterocycles. The molecule has 70 valence electrons. The summed E-state index contributed by atoms with van der Waals surface area (Å²) in [6.07, 6.45) is -2.74. The maximum absolute atomic E-state index is 12.1. The van der Waals surface area contributed by atoms with E-state index in [1.54, 1.807) is 6.92 Å². The van der Waals surface area contributed by atoms with Crippen molar-refractivity contribution in [2.24, 2.45) is 4.99 Å². The average molecular weight is 187 g/mol. The minimum atomic E-state index is -4.27. The minimum Gasteiger partial charge on any atom is -0.262 e. The van der Waals surface area contributed by atoms with Crippen molar-refractivity contribution in [3.05, 3.63) is 29.8 Å². The van der Waals surface area contributed by atoms with Gasteiger partial charge in [0.2, 0.25) is 0 Å². The van der Waals surface area contributed by atoms with Gasteiger partial charge in [-0.15, -0.1) is 0 Å². The first-order chi connectivity index (χ1) is 6.04. The fourth-order valence-electron chi connectivity index (χ4n) is 0.886. The second kappa shape index (κ2) is 3.60. The summed E-state index contributed by atoms with van der Waals surface area (Å²) in [5.41, 5.74) is -0.127. The van der Waals surface area contributed by atoms with Gasteiger partial charge in [0.05, 0.1) is 11.3 Å².